The second-order valence-electron chi connectivity index (χ2n) is 7.82. The highest BCUT2D eigenvalue weighted by Crippen LogP contribution is 2.57. The molecule has 0 bridgehead atoms. The first-order chi connectivity index (χ1) is 14.6. The molecule has 3 atom stereocenters. The van der Waals surface area contributed by atoms with Crippen molar-refractivity contribution in [2.24, 2.45) is 18.9 Å². The van der Waals surface area contributed by atoms with E-state index in [4.69, 9.17) is 4.52 Å². The SMILES string of the molecule is Cn1cnc2ncn(Cc3nc([C@H]4[C@@H]5CN(c6ncccc6F)C[C@@H]54)no3)c(=O)c21. The quantitative estimate of drug-likeness (QED) is 0.491. The van der Waals surface area contributed by atoms with Crippen LogP contribution in [0.5, 0.6) is 0 Å². The molecule has 30 heavy (non-hydrogen) atoms. The van der Waals surface area contributed by atoms with Crippen molar-refractivity contribution in [2.75, 3.05) is 18.0 Å². The molecule has 0 aromatic carbocycles. The molecule has 0 amide bonds. The number of halogens is 1. The number of nitrogens with zero attached hydrogens (tertiary/aromatic N) is 8. The van der Waals surface area contributed by atoms with Gasteiger partial charge < -0.3 is 14.0 Å². The van der Waals surface area contributed by atoms with Crippen LogP contribution in [-0.4, -0.2) is 47.3 Å². The molecular weight excluding hydrogens is 391 g/mol. The van der Waals surface area contributed by atoms with Gasteiger partial charge in [-0.1, -0.05) is 5.16 Å². The smallest absolute Gasteiger partial charge is 0.280 e. The van der Waals surface area contributed by atoms with E-state index in [0.717, 1.165) is 0 Å². The molecule has 4 aromatic rings. The van der Waals surface area contributed by atoms with Gasteiger partial charge in [-0.05, 0) is 24.0 Å². The van der Waals surface area contributed by atoms with E-state index in [2.05, 4.69) is 25.1 Å². The van der Waals surface area contributed by atoms with E-state index in [1.54, 1.807) is 30.2 Å². The Hall–Kier alpha value is -3.63. The third-order valence-electron chi connectivity index (χ3n) is 6.02. The van der Waals surface area contributed by atoms with Crippen LogP contribution >= 0.6 is 0 Å². The highest BCUT2D eigenvalue weighted by molar-refractivity contribution is 5.68. The average Bonchev–Trinajstić information content (AvgIpc) is 3.16. The Balaban J connectivity index is 1.18. The predicted molar refractivity (Wildman–Crippen MR) is 102 cm³/mol. The molecule has 1 saturated carbocycles. The molecule has 2 aliphatic rings. The third kappa shape index (κ3) is 2.54. The zero-order chi connectivity index (χ0) is 20.4. The molecule has 0 N–H and O–H groups in total. The Bertz CT molecular complexity index is 1320. The minimum Gasteiger partial charge on any atom is -0.354 e. The summed E-state index contributed by atoms with van der Waals surface area (Å²) >= 11 is 0. The summed E-state index contributed by atoms with van der Waals surface area (Å²) in [6.07, 6.45) is 4.60. The number of pyridine rings is 1. The molecular formula is C19H17FN8O2. The molecule has 1 aliphatic heterocycles. The molecule has 11 heteroatoms. The maximum Gasteiger partial charge on any atom is 0.280 e. The van der Waals surface area contributed by atoms with Crippen molar-refractivity contribution in [1.82, 2.24) is 34.2 Å². The van der Waals surface area contributed by atoms with Gasteiger partial charge in [-0.25, -0.2) is 19.3 Å². The maximum atomic E-state index is 14.0. The van der Waals surface area contributed by atoms with Crippen LogP contribution in [0.4, 0.5) is 10.2 Å². The highest BCUT2D eigenvalue weighted by atomic mass is 19.1. The zero-order valence-electron chi connectivity index (χ0n) is 16.0. The van der Waals surface area contributed by atoms with E-state index in [-0.39, 0.29) is 23.8 Å². The Morgan fingerprint density at radius 1 is 1.20 bits per heavy atom. The summed E-state index contributed by atoms with van der Waals surface area (Å²) in [5.74, 6) is 1.99. The minimum atomic E-state index is -0.304. The average molecular weight is 408 g/mol. The van der Waals surface area contributed by atoms with Gasteiger partial charge in [0.25, 0.3) is 5.56 Å². The maximum absolute atomic E-state index is 14.0. The number of piperidine rings is 1. The first kappa shape index (κ1) is 17.2. The van der Waals surface area contributed by atoms with Gasteiger partial charge in [0.2, 0.25) is 5.89 Å². The molecule has 4 aromatic heterocycles. The zero-order valence-corrected chi connectivity index (χ0v) is 16.0. The van der Waals surface area contributed by atoms with Crippen LogP contribution in [0, 0.1) is 17.7 Å². The van der Waals surface area contributed by atoms with Crippen molar-refractivity contribution in [3.8, 4) is 0 Å². The van der Waals surface area contributed by atoms with Crippen LogP contribution in [0.1, 0.15) is 17.6 Å². The summed E-state index contributed by atoms with van der Waals surface area (Å²) in [6, 6.07) is 3.01. The fourth-order valence-corrected chi connectivity index (χ4v) is 4.49. The second kappa shape index (κ2) is 6.18. The van der Waals surface area contributed by atoms with Gasteiger partial charge in [0.05, 0.1) is 6.33 Å². The Morgan fingerprint density at radius 3 is 2.80 bits per heavy atom. The van der Waals surface area contributed by atoms with E-state index in [0.29, 0.717) is 53.6 Å². The predicted octanol–water partition coefficient (Wildman–Crippen LogP) is 0.945. The summed E-state index contributed by atoms with van der Waals surface area (Å²) in [4.78, 5) is 31.6. The van der Waals surface area contributed by atoms with Crippen LogP contribution in [0.25, 0.3) is 11.2 Å². The number of imidazole rings is 1. The lowest BCUT2D eigenvalue weighted by molar-refractivity contribution is 0.363. The number of rotatable bonds is 4. The van der Waals surface area contributed by atoms with Crippen molar-refractivity contribution in [2.45, 2.75) is 12.5 Å². The van der Waals surface area contributed by atoms with Crippen molar-refractivity contribution in [1.29, 1.82) is 0 Å². The van der Waals surface area contributed by atoms with Crippen LogP contribution in [0.3, 0.4) is 0 Å². The molecule has 1 aliphatic carbocycles. The monoisotopic (exact) mass is 408 g/mol. The van der Waals surface area contributed by atoms with Crippen LogP contribution in [0.15, 0.2) is 40.3 Å². The summed E-state index contributed by atoms with van der Waals surface area (Å²) in [7, 11) is 1.75. The van der Waals surface area contributed by atoms with Crippen molar-refractivity contribution in [3.05, 3.63) is 58.9 Å². The highest BCUT2D eigenvalue weighted by Gasteiger charge is 2.59. The summed E-state index contributed by atoms with van der Waals surface area (Å²) in [5.41, 5.74) is 0.622. The van der Waals surface area contributed by atoms with Gasteiger partial charge >= 0.3 is 0 Å². The van der Waals surface area contributed by atoms with E-state index in [1.807, 2.05) is 4.90 Å². The van der Waals surface area contributed by atoms with Gasteiger partial charge in [0.1, 0.15) is 12.9 Å². The number of hydrogen-bond donors (Lipinski definition) is 0. The van der Waals surface area contributed by atoms with E-state index < -0.39 is 0 Å². The topological polar surface area (TPSA) is 108 Å². The molecule has 5 heterocycles. The lowest BCUT2D eigenvalue weighted by atomic mass is 10.2. The number of aryl methyl sites for hydroxylation is 1. The van der Waals surface area contributed by atoms with Crippen LogP contribution < -0.4 is 10.5 Å². The third-order valence-corrected chi connectivity index (χ3v) is 6.02. The normalized spacial score (nSPS) is 22.6. The summed E-state index contributed by atoms with van der Waals surface area (Å²) in [6.45, 7) is 1.58. The van der Waals surface area contributed by atoms with Gasteiger partial charge in [0.15, 0.2) is 28.6 Å². The van der Waals surface area contributed by atoms with Gasteiger partial charge in [-0.2, -0.15) is 4.98 Å². The number of hydrogen-bond acceptors (Lipinski definition) is 8. The largest absolute Gasteiger partial charge is 0.354 e. The molecule has 6 rings (SSSR count). The Labute approximate surface area is 169 Å². The molecule has 0 radical (unpaired) electrons. The summed E-state index contributed by atoms with van der Waals surface area (Å²) in [5, 5.41) is 4.12. The Morgan fingerprint density at radius 2 is 2.00 bits per heavy atom. The molecule has 10 nitrogen and oxygen atoms in total. The molecule has 0 spiro atoms. The van der Waals surface area contributed by atoms with Crippen molar-refractivity contribution >= 4 is 17.0 Å². The second-order valence-corrected chi connectivity index (χ2v) is 7.82. The van der Waals surface area contributed by atoms with E-state index in [1.165, 1.54) is 17.0 Å². The number of aromatic nitrogens is 7. The van der Waals surface area contributed by atoms with E-state index >= 15 is 0 Å². The number of fused-ring (bicyclic) bond motifs is 2. The van der Waals surface area contributed by atoms with E-state index in [9.17, 15) is 9.18 Å². The first-order valence-corrected chi connectivity index (χ1v) is 9.64. The molecule has 2 fully saturated rings. The van der Waals surface area contributed by atoms with Crippen molar-refractivity contribution in [3.63, 3.8) is 0 Å². The van der Waals surface area contributed by atoms with Crippen LogP contribution in [0.2, 0.25) is 0 Å². The molecule has 1 saturated heterocycles. The number of anilines is 1. The molecule has 152 valence electrons. The lowest BCUT2D eigenvalue weighted by Gasteiger charge is -2.20. The first-order valence-electron chi connectivity index (χ1n) is 9.64. The fourth-order valence-electron chi connectivity index (χ4n) is 4.49. The van der Waals surface area contributed by atoms with Crippen molar-refractivity contribution < 1.29 is 8.91 Å². The van der Waals surface area contributed by atoms with Gasteiger partial charge in [-0.3, -0.25) is 9.36 Å². The fraction of sp³-hybridized carbons (Fsp3) is 0.368. The lowest BCUT2D eigenvalue weighted by Crippen LogP contribution is -2.25. The van der Waals surface area contributed by atoms with Gasteiger partial charge in [0, 0.05) is 32.3 Å². The summed E-state index contributed by atoms with van der Waals surface area (Å²) < 4.78 is 22.4. The Kier molecular flexibility index (Phi) is 3.55. The van der Waals surface area contributed by atoms with Crippen LogP contribution in [-0.2, 0) is 13.6 Å². The van der Waals surface area contributed by atoms with Gasteiger partial charge in [-0.15, -0.1) is 0 Å². The minimum absolute atomic E-state index is 0.146. The molecule has 0 unspecified atom stereocenters. The standard InChI is InChI=1S/C19H17FN8O2/c1-26-8-22-17-15(26)19(29)28(9-23-17)7-13-24-16(25-30-13)14-10-5-27(6-11(10)14)18-12(20)3-2-4-21-18/h2-4,8-11,14H,5-7H2,1H3/t10-,11+,14+.